The van der Waals surface area contributed by atoms with Gasteiger partial charge in [-0.15, -0.1) is 0 Å². The van der Waals surface area contributed by atoms with E-state index in [9.17, 15) is 0 Å². The van der Waals surface area contributed by atoms with E-state index < -0.39 is 0 Å². The minimum Gasteiger partial charge on any atom is -0.456 e. The second-order valence-corrected chi connectivity index (χ2v) is 11.3. The van der Waals surface area contributed by atoms with Gasteiger partial charge in [0, 0.05) is 35.7 Å². The topological polar surface area (TPSA) is 17.0 Å². The van der Waals surface area contributed by atoms with Crippen molar-refractivity contribution in [3.8, 4) is 11.3 Å². The average Bonchev–Trinajstić information content (AvgIpc) is 3.24. The Morgan fingerprint density at radius 1 is 0.848 bits per heavy atom. The third kappa shape index (κ3) is 2.32. The Labute approximate surface area is 196 Å². The SMILES string of the molecule is CCC1(C)c2cc3c(cc2-c2cc4c(c[n+]2C1(C)CC)C1CCC4CC1)oc1ccccc13. The van der Waals surface area contributed by atoms with Gasteiger partial charge in [-0.05, 0) is 80.2 Å². The summed E-state index contributed by atoms with van der Waals surface area (Å²) < 4.78 is 9.05. The zero-order valence-corrected chi connectivity index (χ0v) is 20.4. The molecule has 2 atom stereocenters. The maximum Gasteiger partial charge on any atom is 0.213 e. The number of nitrogens with zero attached hydrogens (tertiary/aromatic N) is 1. The molecule has 2 aromatic carbocycles. The van der Waals surface area contributed by atoms with Gasteiger partial charge in [0.1, 0.15) is 11.2 Å². The second-order valence-electron chi connectivity index (χ2n) is 11.3. The van der Waals surface area contributed by atoms with Crippen LogP contribution in [-0.2, 0) is 11.0 Å². The van der Waals surface area contributed by atoms with Crippen molar-refractivity contribution < 1.29 is 8.98 Å². The van der Waals surface area contributed by atoms with Crippen molar-refractivity contribution in [2.75, 3.05) is 0 Å². The highest BCUT2D eigenvalue weighted by Crippen LogP contribution is 2.54. The summed E-state index contributed by atoms with van der Waals surface area (Å²) in [5, 5.41) is 2.49. The molecule has 2 heteroatoms. The van der Waals surface area contributed by atoms with Crippen molar-refractivity contribution >= 4 is 21.9 Å². The summed E-state index contributed by atoms with van der Waals surface area (Å²) >= 11 is 0. The first-order chi connectivity index (χ1) is 16.0. The van der Waals surface area contributed by atoms with Crippen LogP contribution in [0.5, 0.6) is 0 Å². The van der Waals surface area contributed by atoms with Crippen LogP contribution in [0.3, 0.4) is 0 Å². The highest BCUT2D eigenvalue weighted by Gasteiger charge is 2.57. The van der Waals surface area contributed by atoms with Crippen molar-refractivity contribution in [3.05, 3.63) is 65.4 Å². The lowest BCUT2D eigenvalue weighted by molar-refractivity contribution is -0.765. The smallest absolute Gasteiger partial charge is 0.213 e. The van der Waals surface area contributed by atoms with Crippen LogP contribution in [0.1, 0.15) is 94.7 Å². The van der Waals surface area contributed by atoms with Crippen molar-refractivity contribution in [2.24, 2.45) is 0 Å². The third-order valence-corrected chi connectivity index (χ3v) is 10.3. The molecule has 0 N–H and O–H groups in total. The first-order valence-corrected chi connectivity index (χ1v) is 13.0. The van der Waals surface area contributed by atoms with E-state index in [0.29, 0.717) is 0 Å². The largest absolute Gasteiger partial charge is 0.456 e. The number of benzene rings is 2. The van der Waals surface area contributed by atoms with Crippen molar-refractivity contribution in [2.45, 2.75) is 89.0 Å². The zero-order chi connectivity index (χ0) is 22.5. The highest BCUT2D eigenvalue weighted by atomic mass is 16.3. The lowest BCUT2D eigenvalue weighted by Gasteiger charge is -2.47. The standard InChI is InChI=1S/C31H34NO/c1-5-30(3)26-15-23-21-9-7-8-10-28(21)33-29(23)17-24(26)27-16-22-19-11-13-20(14-12-19)25(22)18-32(27)31(30,4)6-2/h7-10,15-20H,5-6,11-14H2,1-4H3/q+1. The molecule has 0 radical (unpaired) electrons. The summed E-state index contributed by atoms with van der Waals surface area (Å²) in [6.07, 6.45) is 10.3. The molecule has 33 heavy (non-hydrogen) atoms. The van der Waals surface area contributed by atoms with Gasteiger partial charge in [-0.1, -0.05) is 32.0 Å². The second kappa shape index (κ2) is 6.50. The van der Waals surface area contributed by atoms with Crippen LogP contribution >= 0.6 is 0 Å². The summed E-state index contributed by atoms with van der Waals surface area (Å²) in [6, 6.07) is 15.9. The quantitative estimate of drug-likeness (QED) is 0.290. The number of hydrogen-bond acceptors (Lipinski definition) is 1. The Hall–Kier alpha value is -2.61. The molecule has 8 rings (SSSR count). The van der Waals surface area contributed by atoms with Gasteiger partial charge in [-0.3, -0.25) is 0 Å². The van der Waals surface area contributed by atoms with Gasteiger partial charge < -0.3 is 4.42 Å². The van der Waals surface area contributed by atoms with Crippen LogP contribution in [0.2, 0.25) is 0 Å². The minimum atomic E-state index is 0.0308. The number of fused-ring (bicyclic) bond motifs is 8. The van der Waals surface area contributed by atoms with Crippen LogP contribution in [0, 0.1) is 0 Å². The Morgan fingerprint density at radius 3 is 2.30 bits per heavy atom. The Kier molecular flexibility index (Phi) is 3.90. The summed E-state index contributed by atoms with van der Waals surface area (Å²) in [5.74, 6) is 1.51. The number of rotatable bonds is 2. The third-order valence-electron chi connectivity index (χ3n) is 10.3. The number of aromatic nitrogens is 1. The molecular formula is C31H34NO+. The molecule has 2 bridgehead atoms. The fraction of sp³-hybridized carbons (Fsp3) is 0.452. The summed E-state index contributed by atoms with van der Waals surface area (Å²) in [6.45, 7) is 9.77. The summed E-state index contributed by atoms with van der Waals surface area (Å²) in [7, 11) is 0. The fourth-order valence-electron chi connectivity index (χ4n) is 7.74. The predicted molar refractivity (Wildman–Crippen MR) is 135 cm³/mol. The van der Waals surface area contributed by atoms with E-state index in [4.69, 9.17) is 4.42 Å². The van der Waals surface area contributed by atoms with E-state index in [1.54, 1.807) is 11.1 Å². The molecule has 0 amide bonds. The molecule has 2 nitrogen and oxygen atoms in total. The normalized spacial score (nSPS) is 29.8. The van der Waals surface area contributed by atoms with Crippen LogP contribution < -0.4 is 4.57 Å². The lowest BCUT2D eigenvalue weighted by Crippen LogP contribution is -2.67. The van der Waals surface area contributed by atoms with Crippen LogP contribution in [-0.4, -0.2) is 0 Å². The average molecular weight is 437 g/mol. The van der Waals surface area contributed by atoms with Crippen molar-refractivity contribution in [3.63, 3.8) is 0 Å². The van der Waals surface area contributed by atoms with E-state index in [-0.39, 0.29) is 11.0 Å². The lowest BCUT2D eigenvalue weighted by atomic mass is 9.59. The molecular weight excluding hydrogens is 402 g/mol. The van der Waals surface area contributed by atoms with E-state index in [1.807, 2.05) is 0 Å². The van der Waals surface area contributed by atoms with Crippen LogP contribution in [0.4, 0.5) is 0 Å². The van der Waals surface area contributed by atoms with Crippen molar-refractivity contribution in [1.29, 1.82) is 0 Å². The first kappa shape index (κ1) is 19.8. The van der Waals surface area contributed by atoms with E-state index >= 15 is 0 Å². The maximum absolute atomic E-state index is 6.37. The van der Waals surface area contributed by atoms with Gasteiger partial charge in [-0.25, -0.2) is 0 Å². The van der Waals surface area contributed by atoms with E-state index in [2.05, 4.69) is 80.9 Å². The van der Waals surface area contributed by atoms with Gasteiger partial charge in [0.2, 0.25) is 5.69 Å². The number of para-hydroxylation sites is 1. The van der Waals surface area contributed by atoms with Gasteiger partial charge in [0.15, 0.2) is 11.7 Å². The van der Waals surface area contributed by atoms with E-state index in [0.717, 1.165) is 35.8 Å². The number of pyridine rings is 1. The zero-order valence-electron chi connectivity index (χ0n) is 20.4. The van der Waals surface area contributed by atoms with Gasteiger partial charge in [-0.2, -0.15) is 4.57 Å². The number of furan rings is 1. The Bertz CT molecular complexity index is 1440. The molecule has 4 aromatic rings. The highest BCUT2D eigenvalue weighted by molar-refractivity contribution is 6.06. The maximum atomic E-state index is 6.37. The van der Waals surface area contributed by atoms with Crippen LogP contribution in [0.15, 0.2) is 53.1 Å². The molecule has 3 aliphatic carbocycles. The Balaban J connectivity index is 1.60. The number of hydrogen-bond donors (Lipinski definition) is 0. The van der Waals surface area contributed by atoms with Gasteiger partial charge in [0.25, 0.3) is 0 Å². The van der Waals surface area contributed by atoms with Crippen molar-refractivity contribution in [1.82, 2.24) is 0 Å². The van der Waals surface area contributed by atoms with Gasteiger partial charge in [0.05, 0.1) is 11.0 Å². The minimum absolute atomic E-state index is 0.0308. The Morgan fingerprint density at radius 2 is 1.58 bits per heavy atom. The first-order valence-electron chi connectivity index (χ1n) is 13.0. The monoisotopic (exact) mass is 436 g/mol. The molecule has 4 aliphatic rings. The van der Waals surface area contributed by atoms with Gasteiger partial charge >= 0.3 is 0 Å². The molecule has 3 heterocycles. The molecule has 1 fully saturated rings. The molecule has 1 aliphatic heterocycles. The summed E-state index contributed by atoms with van der Waals surface area (Å²) in [4.78, 5) is 0. The molecule has 0 spiro atoms. The summed E-state index contributed by atoms with van der Waals surface area (Å²) in [5.41, 5.74) is 9.63. The molecule has 2 aromatic heterocycles. The molecule has 1 saturated carbocycles. The molecule has 2 unspecified atom stereocenters. The molecule has 0 saturated heterocycles. The fourth-order valence-corrected chi connectivity index (χ4v) is 7.74. The van der Waals surface area contributed by atoms with Crippen LogP contribution in [0.25, 0.3) is 33.2 Å². The molecule has 168 valence electrons. The predicted octanol–water partition coefficient (Wildman–Crippen LogP) is 8.10. The van der Waals surface area contributed by atoms with E-state index in [1.165, 1.54) is 53.3 Å².